The highest BCUT2D eigenvalue weighted by Crippen LogP contribution is 2.35. The van der Waals surface area contributed by atoms with E-state index in [-0.39, 0.29) is 11.6 Å². The number of fused-ring (bicyclic) bond motifs is 3. The second-order valence-corrected chi connectivity index (χ2v) is 5.62. The van der Waals surface area contributed by atoms with Crippen LogP contribution >= 0.6 is 0 Å². The molecule has 0 unspecified atom stereocenters. The highest BCUT2D eigenvalue weighted by atomic mass is 19.4. The molecule has 2 aromatic carbocycles. The van der Waals surface area contributed by atoms with E-state index < -0.39 is 17.6 Å². The van der Waals surface area contributed by atoms with Crippen LogP contribution in [0.3, 0.4) is 0 Å². The van der Waals surface area contributed by atoms with Crippen LogP contribution in [0.25, 0.3) is 6.08 Å². The van der Waals surface area contributed by atoms with E-state index >= 15 is 0 Å². The van der Waals surface area contributed by atoms with E-state index in [0.29, 0.717) is 16.9 Å². The fraction of sp³-hybridized carbons (Fsp3) is 0.0588. The summed E-state index contributed by atoms with van der Waals surface area (Å²) in [7, 11) is 0. The van der Waals surface area contributed by atoms with Crippen molar-refractivity contribution < 1.29 is 28.2 Å². The molecular formula is C17H12F4N3O+. The van der Waals surface area contributed by atoms with Gasteiger partial charge in [-0.05, 0) is 36.4 Å². The van der Waals surface area contributed by atoms with Crippen molar-refractivity contribution in [3.63, 3.8) is 0 Å². The fourth-order valence-corrected chi connectivity index (χ4v) is 2.89. The van der Waals surface area contributed by atoms with Crippen molar-refractivity contribution in [2.75, 3.05) is 10.0 Å². The standard InChI is InChI=1S/C17H11F4N3O/c18-13-3-1-2-10-4-9-14-16(25)23(22-24(14)15(10)13)12-7-5-11(6-8-12)17(19,20)21/h1-9,22,25H/p+1. The Morgan fingerprint density at radius 2 is 1.64 bits per heavy atom. The molecule has 2 aromatic rings. The predicted octanol–water partition coefficient (Wildman–Crippen LogP) is 3.32. The zero-order chi connectivity index (χ0) is 17.8. The lowest BCUT2D eigenvalue weighted by molar-refractivity contribution is -0.661. The molecule has 2 aliphatic rings. The second kappa shape index (κ2) is 5.25. The molecule has 0 radical (unpaired) electrons. The quantitative estimate of drug-likeness (QED) is 0.613. The van der Waals surface area contributed by atoms with Gasteiger partial charge in [0.2, 0.25) is 0 Å². The van der Waals surface area contributed by atoms with E-state index in [1.807, 2.05) is 0 Å². The second-order valence-electron chi connectivity index (χ2n) is 5.62. The third-order valence-electron chi connectivity index (χ3n) is 4.10. The van der Waals surface area contributed by atoms with Crippen LogP contribution in [0.15, 0.2) is 60.1 Å². The first-order valence-corrected chi connectivity index (χ1v) is 7.37. The first-order chi connectivity index (χ1) is 11.9. The van der Waals surface area contributed by atoms with Gasteiger partial charge in [-0.2, -0.15) is 18.2 Å². The molecular weight excluding hydrogens is 338 g/mol. The average molecular weight is 350 g/mol. The Bertz CT molecular complexity index is 903. The maximum Gasteiger partial charge on any atom is 0.416 e. The van der Waals surface area contributed by atoms with Gasteiger partial charge in [-0.25, -0.2) is 4.39 Å². The summed E-state index contributed by atoms with van der Waals surface area (Å²) in [6.45, 7) is 0. The van der Waals surface area contributed by atoms with Gasteiger partial charge in [0.15, 0.2) is 11.5 Å². The number of nitrogens with two attached hydrogens (primary N) is 1. The molecule has 4 nitrogen and oxygen atoms in total. The topological polar surface area (TPSA) is 43.3 Å². The number of anilines is 2. The lowest BCUT2D eigenvalue weighted by Gasteiger charge is -2.23. The van der Waals surface area contributed by atoms with Crippen LogP contribution in [0.4, 0.5) is 28.9 Å². The van der Waals surface area contributed by atoms with Crippen molar-refractivity contribution in [2.24, 2.45) is 0 Å². The Morgan fingerprint density at radius 3 is 2.32 bits per heavy atom. The van der Waals surface area contributed by atoms with E-state index in [4.69, 9.17) is 0 Å². The van der Waals surface area contributed by atoms with Crippen molar-refractivity contribution in [3.8, 4) is 0 Å². The Kier molecular flexibility index (Phi) is 3.26. The summed E-state index contributed by atoms with van der Waals surface area (Å²) >= 11 is 0. The molecule has 8 heteroatoms. The largest absolute Gasteiger partial charge is 0.490 e. The van der Waals surface area contributed by atoms with Crippen molar-refractivity contribution in [1.82, 2.24) is 0 Å². The van der Waals surface area contributed by atoms with E-state index in [9.17, 15) is 22.7 Å². The number of allylic oxidation sites excluding steroid dienone is 1. The van der Waals surface area contributed by atoms with Crippen molar-refractivity contribution in [1.29, 1.82) is 0 Å². The highest BCUT2D eigenvalue weighted by molar-refractivity contribution is 5.76. The summed E-state index contributed by atoms with van der Waals surface area (Å²) in [4.78, 5) is 0. The number of aliphatic hydroxyl groups is 1. The summed E-state index contributed by atoms with van der Waals surface area (Å²) < 4.78 is 52.3. The van der Waals surface area contributed by atoms with Crippen LogP contribution in [-0.2, 0) is 6.18 Å². The number of quaternary nitrogens is 1. The zero-order valence-electron chi connectivity index (χ0n) is 12.6. The fourth-order valence-electron chi connectivity index (χ4n) is 2.89. The summed E-state index contributed by atoms with van der Waals surface area (Å²) in [5.74, 6) is -0.650. The van der Waals surface area contributed by atoms with E-state index in [2.05, 4.69) is 0 Å². The number of nitrogens with zero attached hydrogens (tertiary/aromatic N) is 2. The van der Waals surface area contributed by atoms with E-state index in [0.717, 1.165) is 12.1 Å². The first-order valence-electron chi connectivity index (χ1n) is 7.37. The minimum atomic E-state index is -4.43. The number of rotatable bonds is 1. The van der Waals surface area contributed by atoms with Crippen LogP contribution in [0.2, 0.25) is 0 Å². The molecule has 2 heterocycles. The Hall–Kier alpha value is -3.00. The van der Waals surface area contributed by atoms with Crippen LogP contribution in [-0.4, -0.2) is 5.11 Å². The van der Waals surface area contributed by atoms with Crippen LogP contribution < -0.4 is 15.6 Å². The maximum absolute atomic E-state index is 14.2. The number of benzene rings is 2. The van der Waals surface area contributed by atoms with Gasteiger partial charge in [-0.3, -0.25) is 0 Å². The van der Waals surface area contributed by atoms with Crippen molar-refractivity contribution >= 4 is 17.5 Å². The summed E-state index contributed by atoms with van der Waals surface area (Å²) in [6.07, 6.45) is -1.14. The molecule has 0 saturated carbocycles. The molecule has 2 aliphatic heterocycles. The Morgan fingerprint density at radius 1 is 0.920 bits per heavy atom. The predicted molar refractivity (Wildman–Crippen MR) is 83.4 cm³/mol. The molecule has 25 heavy (non-hydrogen) atoms. The average Bonchev–Trinajstić information content (AvgIpc) is 2.91. The molecule has 0 amide bonds. The molecule has 0 aliphatic carbocycles. The number of aliphatic hydroxyl groups excluding tert-OH is 1. The lowest BCUT2D eigenvalue weighted by atomic mass is 10.1. The van der Waals surface area contributed by atoms with Crippen molar-refractivity contribution in [3.05, 3.63) is 77.1 Å². The van der Waals surface area contributed by atoms with E-state index in [1.54, 1.807) is 24.3 Å². The van der Waals surface area contributed by atoms with Crippen molar-refractivity contribution in [2.45, 2.75) is 6.18 Å². The molecule has 3 N–H and O–H groups in total. The van der Waals surface area contributed by atoms with Gasteiger partial charge in [0.05, 0.1) is 5.56 Å². The van der Waals surface area contributed by atoms with Crippen LogP contribution in [0.5, 0.6) is 0 Å². The van der Waals surface area contributed by atoms with E-state index in [1.165, 1.54) is 33.8 Å². The zero-order valence-corrected chi connectivity index (χ0v) is 12.6. The Labute approximate surface area is 139 Å². The van der Waals surface area contributed by atoms with Gasteiger partial charge in [-0.15, -0.1) is 10.5 Å². The number of alkyl halides is 3. The minimum absolute atomic E-state index is 0.190. The normalized spacial score (nSPS) is 16.3. The molecule has 128 valence electrons. The number of para-hydroxylation sites is 1. The maximum atomic E-state index is 14.2. The summed E-state index contributed by atoms with van der Waals surface area (Å²) in [5, 5.41) is 13.2. The molecule has 0 fully saturated rings. The number of hydrogen-bond acceptors (Lipinski definition) is 3. The lowest BCUT2D eigenvalue weighted by Crippen LogP contribution is -2.99. The van der Waals surface area contributed by atoms with Crippen LogP contribution in [0.1, 0.15) is 11.1 Å². The minimum Gasteiger partial charge on any atom is -0.490 e. The van der Waals surface area contributed by atoms with Gasteiger partial charge < -0.3 is 5.11 Å². The molecule has 0 aromatic heterocycles. The summed E-state index contributed by atoms with van der Waals surface area (Å²) in [6, 6.07) is 8.99. The first kappa shape index (κ1) is 15.5. The number of halogens is 4. The van der Waals surface area contributed by atoms with Gasteiger partial charge in [-0.1, -0.05) is 18.2 Å². The Balaban J connectivity index is 1.71. The van der Waals surface area contributed by atoms with Gasteiger partial charge in [0.1, 0.15) is 11.4 Å². The third kappa shape index (κ3) is 2.42. The molecule has 0 saturated heterocycles. The molecule has 0 bridgehead atoms. The summed E-state index contributed by atoms with van der Waals surface area (Å²) in [5.41, 5.74) is 2.26. The van der Waals surface area contributed by atoms with Gasteiger partial charge >= 0.3 is 6.18 Å². The monoisotopic (exact) mass is 350 g/mol. The van der Waals surface area contributed by atoms with Gasteiger partial charge in [0.25, 0.3) is 5.88 Å². The highest BCUT2D eigenvalue weighted by Gasteiger charge is 2.38. The molecule has 0 atom stereocenters. The number of hydrogen-bond donors (Lipinski definition) is 2. The SMILES string of the molecule is OC1=C2C=Cc3cccc(F)c3N2[NH2+]N1c1ccc(C(F)(F)F)cc1. The van der Waals surface area contributed by atoms with Gasteiger partial charge in [0, 0.05) is 5.56 Å². The van der Waals surface area contributed by atoms with Crippen LogP contribution in [0, 0.1) is 5.82 Å². The third-order valence-corrected chi connectivity index (χ3v) is 4.10. The molecule has 4 rings (SSSR count). The molecule has 0 spiro atoms. The smallest absolute Gasteiger partial charge is 0.416 e.